The lowest BCUT2D eigenvalue weighted by Gasteiger charge is -2.30. The molecule has 34 heavy (non-hydrogen) atoms. The first-order valence-electron chi connectivity index (χ1n) is 11.0. The predicted molar refractivity (Wildman–Crippen MR) is 127 cm³/mol. The Balaban J connectivity index is 1.34. The number of rotatable bonds is 7. The number of hydrogen-bond donors (Lipinski definition) is 2. The lowest BCUT2D eigenvalue weighted by atomic mass is 9.91. The van der Waals surface area contributed by atoms with Gasteiger partial charge in [0.1, 0.15) is 17.8 Å². The van der Waals surface area contributed by atoms with Crippen LogP contribution in [0.3, 0.4) is 0 Å². The van der Waals surface area contributed by atoms with Crippen LogP contribution in [0.1, 0.15) is 31.2 Å². The van der Waals surface area contributed by atoms with Gasteiger partial charge < -0.3 is 20.1 Å². The Hall–Kier alpha value is -3.05. The first-order valence-corrected chi connectivity index (χ1v) is 12.2. The molecule has 1 aliphatic carbocycles. The fourth-order valence-corrected chi connectivity index (χ4v) is 4.93. The van der Waals surface area contributed by atoms with E-state index in [9.17, 15) is 13.3 Å². The zero-order valence-electron chi connectivity index (χ0n) is 19.3. The second-order valence-electron chi connectivity index (χ2n) is 8.52. The molecule has 2 heterocycles. The molecule has 0 amide bonds. The van der Waals surface area contributed by atoms with Crippen LogP contribution in [-0.4, -0.2) is 50.7 Å². The van der Waals surface area contributed by atoms with Crippen molar-refractivity contribution < 1.29 is 13.3 Å². The Morgan fingerprint density at radius 3 is 2.35 bits per heavy atom. The molecule has 1 unspecified atom stereocenters. The minimum atomic E-state index is -1.77. The summed E-state index contributed by atoms with van der Waals surface area (Å²) in [6, 6.07) is 3.61. The molecule has 11 heteroatoms. The van der Waals surface area contributed by atoms with Gasteiger partial charge in [-0.2, -0.15) is 9.97 Å². The zero-order chi connectivity index (χ0) is 24.2. The fourth-order valence-electron chi connectivity index (χ4n) is 3.95. The molecule has 0 saturated heterocycles. The smallest absolute Gasteiger partial charge is 0.270 e. The van der Waals surface area contributed by atoms with E-state index < -0.39 is 22.8 Å². The van der Waals surface area contributed by atoms with Gasteiger partial charge in [-0.15, -0.1) is 0 Å². The summed E-state index contributed by atoms with van der Waals surface area (Å²) in [5.41, 5.74) is 1.03. The third-order valence-electron chi connectivity index (χ3n) is 5.69. The van der Waals surface area contributed by atoms with Gasteiger partial charge >= 0.3 is 0 Å². The minimum absolute atomic E-state index is 0.132. The highest BCUT2D eigenvalue weighted by atomic mass is 32.2. The van der Waals surface area contributed by atoms with Crippen LogP contribution in [0, 0.1) is 18.6 Å². The maximum Gasteiger partial charge on any atom is 0.270 e. The Bertz CT molecular complexity index is 1140. The fraction of sp³-hybridized carbons (Fsp3) is 0.391. The summed E-state index contributed by atoms with van der Waals surface area (Å²) in [4.78, 5) is 19.6. The summed E-state index contributed by atoms with van der Waals surface area (Å²) in [7, 11) is 3.92. The monoisotopic (exact) mass is 487 g/mol. The van der Waals surface area contributed by atoms with E-state index in [1.807, 2.05) is 32.1 Å². The summed E-state index contributed by atoms with van der Waals surface area (Å²) in [5.74, 6) is -0.00903. The van der Waals surface area contributed by atoms with Crippen LogP contribution in [0.25, 0.3) is 0 Å². The van der Waals surface area contributed by atoms with Gasteiger partial charge in [-0.05, 0) is 44.7 Å². The number of nitrogens with one attached hydrogen (secondary N) is 2. The van der Waals surface area contributed by atoms with Crippen molar-refractivity contribution in [2.75, 3.05) is 29.6 Å². The van der Waals surface area contributed by atoms with Crippen molar-refractivity contribution in [3.05, 3.63) is 54.0 Å². The molecule has 1 aliphatic rings. The van der Waals surface area contributed by atoms with Crippen molar-refractivity contribution in [3.8, 4) is 0 Å². The number of benzene rings is 1. The second-order valence-corrected chi connectivity index (χ2v) is 9.95. The summed E-state index contributed by atoms with van der Waals surface area (Å²) < 4.78 is 39.4. The molecule has 3 aromatic rings. The molecule has 0 bridgehead atoms. The normalized spacial score (nSPS) is 18.9. The third kappa shape index (κ3) is 5.71. The van der Waals surface area contributed by atoms with Gasteiger partial charge in [0, 0.05) is 55.2 Å². The highest BCUT2D eigenvalue weighted by Gasteiger charge is 2.24. The van der Waals surface area contributed by atoms with E-state index in [2.05, 4.69) is 30.6 Å². The second kappa shape index (κ2) is 10.5. The van der Waals surface area contributed by atoms with Crippen LogP contribution < -0.4 is 15.5 Å². The number of anilines is 3. The van der Waals surface area contributed by atoms with Crippen LogP contribution in [0.5, 0.6) is 0 Å². The predicted octanol–water partition coefficient (Wildman–Crippen LogP) is 3.92. The average molecular weight is 488 g/mol. The third-order valence-corrected chi connectivity index (χ3v) is 6.95. The van der Waals surface area contributed by atoms with Crippen LogP contribution in [0.2, 0.25) is 0 Å². The largest absolute Gasteiger partial charge is 0.605 e. The highest BCUT2D eigenvalue weighted by Crippen LogP contribution is 2.26. The van der Waals surface area contributed by atoms with Crippen LogP contribution >= 0.6 is 0 Å². The molecule has 2 aromatic heterocycles. The van der Waals surface area contributed by atoms with Crippen LogP contribution in [-0.2, 0) is 11.2 Å². The van der Waals surface area contributed by atoms with Gasteiger partial charge in [-0.1, -0.05) is 0 Å². The van der Waals surface area contributed by atoms with Gasteiger partial charge in [0.2, 0.25) is 5.95 Å². The topological polar surface area (TPSA) is 102 Å². The molecular weight excluding hydrogens is 460 g/mol. The summed E-state index contributed by atoms with van der Waals surface area (Å²) in [5, 5.41) is 6.97. The maximum atomic E-state index is 13.5. The van der Waals surface area contributed by atoms with Gasteiger partial charge in [0.15, 0.2) is 16.5 Å². The van der Waals surface area contributed by atoms with E-state index in [0.29, 0.717) is 11.8 Å². The maximum absolute atomic E-state index is 13.5. The molecule has 1 saturated carbocycles. The van der Waals surface area contributed by atoms with Crippen molar-refractivity contribution in [1.82, 2.24) is 19.9 Å². The SMILES string of the molecule is Cc1cnc(N[C@H]2CC[C@@H](Nc3cncc([S+]([O-])c4ccc(F)c(F)c4)n3)CC2)nc1N(C)C. The lowest BCUT2D eigenvalue weighted by Crippen LogP contribution is -2.33. The Morgan fingerprint density at radius 1 is 0.971 bits per heavy atom. The lowest BCUT2D eigenvalue weighted by molar-refractivity contribution is 0.426. The summed E-state index contributed by atoms with van der Waals surface area (Å²) in [6.07, 6.45) is 8.44. The van der Waals surface area contributed by atoms with Crippen LogP contribution in [0.4, 0.5) is 26.4 Å². The highest BCUT2D eigenvalue weighted by molar-refractivity contribution is 7.91. The quantitative estimate of drug-likeness (QED) is 0.484. The zero-order valence-corrected chi connectivity index (χ0v) is 20.1. The first-order chi connectivity index (χ1) is 16.3. The standard InChI is InChI=1S/C23H27F2N7OS/c1-14-11-27-23(31-22(14)32(2)3)29-16-6-4-15(5-7-16)28-20-12-26-13-21(30-20)34(33)17-8-9-18(24)19(25)10-17/h8-13,15-16H,4-7H2,1-3H3,(H,28,30)(H,27,29,31)/t15-,16+,34?. The number of hydrogen-bond acceptors (Lipinski definition) is 8. The van der Waals surface area contributed by atoms with Crippen molar-refractivity contribution >= 4 is 28.8 Å². The molecule has 0 aliphatic heterocycles. The van der Waals surface area contributed by atoms with E-state index in [1.165, 1.54) is 12.3 Å². The van der Waals surface area contributed by atoms with Crippen molar-refractivity contribution in [3.63, 3.8) is 0 Å². The van der Waals surface area contributed by atoms with Crippen molar-refractivity contribution in [1.29, 1.82) is 0 Å². The van der Waals surface area contributed by atoms with Gasteiger partial charge in [0.05, 0.1) is 6.20 Å². The van der Waals surface area contributed by atoms with E-state index in [-0.39, 0.29) is 22.0 Å². The van der Waals surface area contributed by atoms with E-state index in [4.69, 9.17) is 0 Å². The Kier molecular flexibility index (Phi) is 7.42. The van der Waals surface area contributed by atoms with Crippen LogP contribution in [0.15, 0.2) is 46.7 Å². The number of aromatic nitrogens is 4. The average Bonchev–Trinajstić information content (AvgIpc) is 2.83. The first kappa shape index (κ1) is 24.1. The molecule has 8 nitrogen and oxygen atoms in total. The minimum Gasteiger partial charge on any atom is -0.605 e. The molecular formula is C23H27F2N7OS. The molecule has 1 aromatic carbocycles. The molecule has 0 spiro atoms. The molecule has 2 N–H and O–H groups in total. The van der Waals surface area contributed by atoms with E-state index >= 15 is 0 Å². The van der Waals surface area contributed by atoms with Gasteiger partial charge in [-0.3, -0.25) is 4.98 Å². The van der Waals surface area contributed by atoms with E-state index in [0.717, 1.165) is 49.2 Å². The summed E-state index contributed by atoms with van der Waals surface area (Å²) in [6.45, 7) is 1.99. The number of halogens is 2. The van der Waals surface area contributed by atoms with E-state index in [1.54, 1.807) is 6.20 Å². The number of aryl methyl sites for hydroxylation is 1. The molecule has 1 atom stereocenters. The van der Waals surface area contributed by atoms with Gasteiger partial charge in [0.25, 0.3) is 5.03 Å². The molecule has 1 fully saturated rings. The Labute approximate surface area is 200 Å². The molecule has 0 radical (unpaired) electrons. The van der Waals surface area contributed by atoms with Crippen molar-refractivity contribution in [2.24, 2.45) is 0 Å². The number of nitrogens with zero attached hydrogens (tertiary/aromatic N) is 5. The van der Waals surface area contributed by atoms with Gasteiger partial charge in [-0.25, -0.2) is 13.8 Å². The summed E-state index contributed by atoms with van der Waals surface area (Å²) >= 11 is -1.77. The molecule has 180 valence electrons. The Morgan fingerprint density at radius 2 is 1.68 bits per heavy atom. The molecule has 4 rings (SSSR count). The van der Waals surface area contributed by atoms with Crippen molar-refractivity contribution in [2.45, 2.75) is 54.6 Å².